The van der Waals surface area contributed by atoms with E-state index in [0.717, 1.165) is 35.6 Å². The van der Waals surface area contributed by atoms with Crippen LogP contribution >= 0.6 is 0 Å². The molecule has 6 heteroatoms. The minimum absolute atomic E-state index is 0.0716. The van der Waals surface area contributed by atoms with Gasteiger partial charge in [0.25, 0.3) is 5.91 Å². The van der Waals surface area contributed by atoms with Gasteiger partial charge in [-0.3, -0.25) is 14.3 Å². The molecule has 2 aromatic rings. The summed E-state index contributed by atoms with van der Waals surface area (Å²) in [5.74, 6) is -0.228. The zero-order valence-corrected chi connectivity index (χ0v) is 15.9. The topological polar surface area (TPSA) is 67.2 Å². The van der Waals surface area contributed by atoms with Gasteiger partial charge in [0.2, 0.25) is 5.91 Å². The summed E-state index contributed by atoms with van der Waals surface area (Å²) in [6.07, 6.45) is 1.54. The third-order valence-electron chi connectivity index (χ3n) is 4.98. The van der Waals surface area contributed by atoms with Gasteiger partial charge in [0.05, 0.1) is 17.1 Å². The number of amides is 2. The molecule has 1 aliphatic heterocycles. The summed E-state index contributed by atoms with van der Waals surface area (Å²) in [6, 6.07) is 7.05. The Balaban J connectivity index is 1.80. The van der Waals surface area contributed by atoms with E-state index in [0.29, 0.717) is 18.5 Å². The average Bonchev–Trinajstić information content (AvgIpc) is 3.08. The minimum atomic E-state index is -0.497. The predicted molar refractivity (Wildman–Crippen MR) is 101 cm³/mol. The second-order valence-corrected chi connectivity index (χ2v) is 6.77. The Morgan fingerprint density at radius 2 is 2.00 bits per heavy atom. The lowest BCUT2D eigenvalue weighted by Crippen LogP contribution is -2.44. The van der Waals surface area contributed by atoms with E-state index in [1.54, 1.807) is 4.90 Å². The van der Waals surface area contributed by atoms with Crippen molar-refractivity contribution >= 4 is 17.5 Å². The highest BCUT2D eigenvalue weighted by molar-refractivity contribution is 6.03. The lowest BCUT2D eigenvalue weighted by Gasteiger charge is -2.26. The van der Waals surface area contributed by atoms with Crippen LogP contribution in [0.3, 0.4) is 0 Å². The average molecular weight is 354 g/mol. The number of hydrogen-bond donors (Lipinski definition) is 1. The molecule has 1 N–H and O–H groups in total. The van der Waals surface area contributed by atoms with Crippen LogP contribution in [-0.2, 0) is 17.9 Å². The fourth-order valence-electron chi connectivity index (χ4n) is 3.59. The SMILES string of the molecule is CCCn1nc(C)c(NC(=O)C(CC)N2Cc3ccccc3C2=O)c1C. The number of carbonyl (C=O) groups is 2. The van der Waals surface area contributed by atoms with Gasteiger partial charge in [-0.05, 0) is 38.3 Å². The highest BCUT2D eigenvalue weighted by atomic mass is 16.2. The molecule has 1 aromatic carbocycles. The van der Waals surface area contributed by atoms with Crippen LogP contribution in [0, 0.1) is 13.8 Å². The molecular formula is C20H26N4O2. The van der Waals surface area contributed by atoms with Crippen molar-refractivity contribution in [1.82, 2.24) is 14.7 Å². The number of fused-ring (bicyclic) bond motifs is 1. The third-order valence-corrected chi connectivity index (χ3v) is 4.98. The van der Waals surface area contributed by atoms with Crippen LogP contribution in [0.25, 0.3) is 0 Å². The molecule has 0 saturated carbocycles. The van der Waals surface area contributed by atoms with E-state index in [2.05, 4.69) is 17.3 Å². The van der Waals surface area contributed by atoms with Crippen LogP contribution in [-0.4, -0.2) is 32.5 Å². The summed E-state index contributed by atoms with van der Waals surface area (Å²) in [5.41, 5.74) is 4.18. The second kappa shape index (κ2) is 7.32. The van der Waals surface area contributed by atoms with Crippen molar-refractivity contribution in [1.29, 1.82) is 0 Å². The van der Waals surface area contributed by atoms with E-state index in [1.807, 2.05) is 49.7 Å². The van der Waals surface area contributed by atoms with Crippen molar-refractivity contribution < 1.29 is 9.59 Å². The Hall–Kier alpha value is -2.63. The van der Waals surface area contributed by atoms with Gasteiger partial charge >= 0.3 is 0 Å². The molecule has 0 radical (unpaired) electrons. The van der Waals surface area contributed by atoms with E-state index in [-0.39, 0.29) is 11.8 Å². The van der Waals surface area contributed by atoms with Crippen LogP contribution in [0.4, 0.5) is 5.69 Å². The predicted octanol–water partition coefficient (Wildman–Crippen LogP) is 3.28. The molecular weight excluding hydrogens is 328 g/mol. The Morgan fingerprint density at radius 3 is 2.65 bits per heavy atom. The lowest BCUT2D eigenvalue weighted by atomic mass is 10.1. The number of anilines is 1. The van der Waals surface area contributed by atoms with Gasteiger partial charge in [0.1, 0.15) is 6.04 Å². The summed E-state index contributed by atoms with van der Waals surface area (Å²) >= 11 is 0. The number of nitrogens with one attached hydrogen (secondary N) is 1. The van der Waals surface area contributed by atoms with Gasteiger partial charge in [0.15, 0.2) is 0 Å². The fourth-order valence-corrected chi connectivity index (χ4v) is 3.59. The van der Waals surface area contributed by atoms with Crippen molar-refractivity contribution in [3.8, 4) is 0 Å². The van der Waals surface area contributed by atoms with E-state index in [1.165, 1.54) is 0 Å². The summed E-state index contributed by atoms with van der Waals surface area (Å²) in [5, 5.41) is 7.52. The molecule has 2 amide bonds. The van der Waals surface area contributed by atoms with Crippen LogP contribution in [0.15, 0.2) is 24.3 Å². The zero-order chi connectivity index (χ0) is 18.8. The second-order valence-electron chi connectivity index (χ2n) is 6.77. The maximum atomic E-state index is 13.0. The third kappa shape index (κ3) is 3.11. The Kier molecular flexibility index (Phi) is 5.11. The first-order valence-electron chi connectivity index (χ1n) is 9.21. The molecule has 1 unspecified atom stereocenters. The number of aryl methyl sites for hydroxylation is 2. The van der Waals surface area contributed by atoms with E-state index < -0.39 is 6.04 Å². The molecule has 1 aliphatic rings. The van der Waals surface area contributed by atoms with Crippen molar-refractivity contribution in [2.24, 2.45) is 0 Å². The minimum Gasteiger partial charge on any atom is -0.322 e. The maximum absolute atomic E-state index is 13.0. The molecule has 6 nitrogen and oxygen atoms in total. The molecule has 26 heavy (non-hydrogen) atoms. The highest BCUT2D eigenvalue weighted by Gasteiger charge is 2.35. The molecule has 3 rings (SSSR count). The van der Waals surface area contributed by atoms with Crippen LogP contribution in [0.1, 0.15) is 54.0 Å². The Bertz CT molecular complexity index is 840. The number of rotatable bonds is 6. The molecule has 0 bridgehead atoms. The van der Waals surface area contributed by atoms with Gasteiger partial charge < -0.3 is 10.2 Å². The van der Waals surface area contributed by atoms with E-state index in [4.69, 9.17) is 0 Å². The first-order chi connectivity index (χ1) is 12.5. The van der Waals surface area contributed by atoms with Crippen LogP contribution in [0.5, 0.6) is 0 Å². The van der Waals surface area contributed by atoms with Gasteiger partial charge in [-0.2, -0.15) is 5.10 Å². The molecule has 0 aliphatic carbocycles. The van der Waals surface area contributed by atoms with Crippen LogP contribution < -0.4 is 5.32 Å². The summed E-state index contributed by atoms with van der Waals surface area (Å²) in [4.78, 5) is 27.3. The monoisotopic (exact) mass is 354 g/mol. The molecule has 0 saturated heterocycles. The first-order valence-corrected chi connectivity index (χ1v) is 9.21. The summed E-state index contributed by atoms with van der Waals surface area (Å²) in [7, 11) is 0. The molecule has 1 aromatic heterocycles. The number of nitrogens with zero attached hydrogens (tertiary/aromatic N) is 3. The summed E-state index contributed by atoms with van der Waals surface area (Å²) < 4.78 is 1.92. The van der Waals surface area contributed by atoms with Gasteiger partial charge in [-0.25, -0.2) is 0 Å². The van der Waals surface area contributed by atoms with Crippen molar-refractivity contribution in [3.63, 3.8) is 0 Å². The number of aromatic nitrogens is 2. The molecule has 0 spiro atoms. The molecule has 2 heterocycles. The van der Waals surface area contributed by atoms with Crippen molar-refractivity contribution in [3.05, 3.63) is 46.8 Å². The van der Waals surface area contributed by atoms with Crippen molar-refractivity contribution in [2.45, 2.75) is 59.7 Å². The molecule has 0 fully saturated rings. The smallest absolute Gasteiger partial charge is 0.255 e. The number of hydrogen-bond acceptors (Lipinski definition) is 3. The molecule has 138 valence electrons. The fraction of sp³-hybridized carbons (Fsp3) is 0.450. The number of carbonyl (C=O) groups excluding carboxylic acids is 2. The highest BCUT2D eigenvalue weighted by Crippen LogP contribution is 2.27. The Labute approximate surface area is 154 Å². The van der Waals surface area contributed by atoms with E-state index in [9.17, 15) is 9.59 Å². The quantitative estimate of drug-likeness (QED) is 0.866. The maximum Gasteiger partial charge on any atom is 0.255 e. The van der Waals surface area contributed by atoms with Crippen molar-refractivity contribution in [2.75, 3.05) is 5.32 Å². The van der Waals surface area contributed by atoms with E-state index >= 15 is 0 Å². The largest absolute Gasteiger partial charge is 0.322 e. The van der Waals surface area contributed by atoms with Crippen LogP contribution in [0.2, 0.25) is 0 Å². The molecule has 1 atom stereocenters. The lowest BCUT2D eigenvalue weighted by molar-refractivity contribution is -0.120. The standard InChI is InChI=1S/C20H26N4O2/c1-5-11-24-14(4)18(13(3)22-24)21-19(25)17(6-2)23-12-15-9-7-8-10-16(15)20(23)26/h7-10,17H,5-6,11-12H2,1-4H3,(H,21,25). The summed E-state index contributed by atoms with van der Waals surface area (Å²) in [6.45, 7) is 9.18. The van der Waals surface area contributed by atoms with Gasteiger partial charge in [-0.1, -0.05) is 32.0 Å². The zero-order valence-electron chi connectivity index (χ0n) is 15.9. The Morgan fingerprint density at radius 1 is 1.27 bits per heavy atom. The normalized spacial score (nSPS) is 14.5. The first kappa shape index (κ1) is 18.2. The number of benzene rings is 1. The van der Waals surface area contributed by atoms with Gasteiger partial charge in [-0.15, -0.1) is 0 Å². The van der Waals surface area contributed by atoms with Gasteiger partial charge in [0, 0.05) is 18.7 Å².